The Balaban J connectivity index is 3.10. The van der Waals surface area contributed by atoms with Crippen LogP contribution in [0.5, 0.6) is 0 Å². The minimum atomic E-state index is -1.45. The molecule has 0 fully saturated rings. The molecule has 0 saturated heterocycles. The lowest BCUT2D eigenvalue weighted by atomic mass is 10.1. The molecular weight excluding hydrogens is 278 g/mol. The van der Waals surface area contributed by atoms with Gasteiger partial charge >= 0.3 is 11.9 Å². The number of aliphatic carboxylic acids is 1. The third-order valence-electron chi connectivity index (χ3n) is 2.73. The van der Waals surface area contributed by atoms with Crippen molar-refractivity contribution >= 4 is 23.7 Å². The Hall–Kier alpha value is -2.70. The molecule has 0 aliphatic carbocycles. The Labute approximate surface area is 121 Å². The molecule has 1 atom stereocenters. The SMILES string of the molecule is CCC(C)OC(=O)C(=Cc1cccc([N+](=O)[O-])c1)C(=O)O. The van der Waals surface area contributed by atoms with Crippen molar-refractivity contribution in [3.63, 3.8) is 0 Å². The van der Waals surface area contributed by atoms with Crippen LogP contribution in [0.25, 0.3) is 6.08 Å². The van der Waals surface area contributed by atoms with Gasteiger partial charge < -0.3 is 9.84 Å². The lowest BCUT2D eigenvalue weighted by Crippen LogP contribution is -2.20. The number of carbonyl (C=O) groups is 2. The summed E-state index contributed by atoms with van der Waals surface area (Å²) in [6.07, 6.45) is 1.19. The molecule has 0 aliphatic heterocycles. The van der Waals surface area contributed by atoms with Crippen LogP contribution in [-0.2, 0) is 14.3 Å². The van der Waals surface area contributed by atoms with Crippen LogP contribution >= 0.6 is 0 Å². The quantitative estimate of drug-likeness (QED) is 0.215. The van der Waals surface area contributed by atoms with Crippen LogP contribution in [0.2, 0.25) is 0 Å². The van der Waals surface area contributed by atoms with Crippen molar-refractivity contribution in [1.29, 1.82) is 0 Å². The Bertz CT molecular complexity index is 593. The van der Waals surface area contributed by atoms with Gasteiger partial charge in [-0.1, -0.05) is 19.1 Å². The van der Waals surface area contributed by atoms with E-state index in [9.17, 15) is 19.7 Å². The maximum Gasteiger partial charge on any atom is 0.345 e. The number of esters is 1. The van der Waals surface area contributed by atoms with Crippen molar-refractivity contribution in [2.24, 2.45) is 0 Å². The summed E-state index contributed by atoms with van der Waals surface area (Å²) in [4.78, 5) is 33.0. The first-order chi connectivity index (χ1) is 9.85. The highest BCUT2D eigenvalue weighted by molar-refractivity contribution is 6.17. The van der Waals surface area contributed by atoms with Gasteiger partial charge in [-0.05, 0) is 25.0 Å². The first kappa shape index (κ1) is 16.4. The molecule has 21 heavy (non-hydrogen) atoms. The molecule has 0 radical (unpaired) electrons. The number of benzene rings is 1. The van der Waals surface area contributed by atoms with Crippen LogP contribution in [0.15, 0.2) is 29.8 Å². The van der Waals surface area contributed by atoms with Gasteiger partial charge in [-0.2, -0.15) is 0 Å². The predicted octanol–water partition coefficient (Wildman–Crippen LogP) is 2.40. The molecule has 0 heterocycles. The summed E-state index contributed by atoms with van der Waals surface area (Å²) in [5.74, 6) is -2.42. The lowest BCUT2D eigenvalue weighted by Gasteiger charge is -2.10. The zero-order chi connectivity index (χ0) is 16.0. The van der Waals surface area contributed by atoms with Gasteiger partial charge in [0.15, 0.2) is 0 Å². The average Bonchev–Trinajstić information content (AvgIpc) is 2.44. The number of ether oxygens (including phenoxy) is 1. The molecule has 112 valence electrons. The summed E-state index contributed by atoms with van der Waals surface area (Å²) < 4.78 is 4.95. The molecule has 1 aromatic rings. The summed E-state index contributed by atoms with van der Waals surface area (Å²) >= 11 is 0. The number of rotatable bonds is 6. The van der Waals surface area contributed by atoms with Gasteiger partial charge in [0.2, 0.25) is 0 Å². The van der Waals surface area contributed by atoms with Crippen LogP contribution in [0.1, 0.15) is 25.8 Å². The summed E-state index contributed by atoms with van der Waals surface area (Å²) in [5.41, 5.74) is -0.526. The van der Waals surface area contributed by atoms with Gasteiger partial charge in [0.25, 0.3) is 5.69 Å². The van der Waals surface area contributed by atoms with Crippen molar-refractivity contribution in [1.82, 2.24) is 0 Å². The largest absolute Gasteiger partial charge is 0.477 e. The molecule has 1 N–H and O–H groups in total. The molecule has 0 aliphatic rings. The van der Waals surface area contributed by atoms with E-state index in [1.807, 2.05) is 0 Å². The van der Waals surface area contributed by atoms with E-state index >= 15 is 0 Å². The van der Waals surface area contributed by atoms with Crippen LogP contribution in [-0.4, -0.2) is 28.1 Å². The first-order valence-corrected chi connectivity index (χ1v) is 6.25. The third-order valence-corrected chi connectivity index (χ3v) is 2.73. The number of carbonyl (C=O) groups excluding carboxylic acids is 1. The highest BCUT2D eigenvalue weighted by Gasteiger charge is 2.21. The van der Waals surface area contributed by atoms with E-state index in [2.05, 4.69) is 0 Å². The predicted molar refractivity (Wildman–Crippen MR) is 74.6 cm³/mol. The highest BCUT2D eigenvalue weighted by Crippen LogP contribution is 2.17. The maximum atomic E-state index is 11.8. The monoisotopic (exact) mass is 293 g/mol. The van der Waals surface area contributed by atoms with Crippen LogP contribution in [0.3, 0.4) is 0 Å². The second kappa shape index (κ2) is 7.18. The zero-order valence-electron chi connectivity index (χ0n) is 11.6. The van der Waals surface area contributed by atoms with Crippen molar-refractivity contribution in [3.05, 3.63) is 45.5 Å². The fourth-order valence-corrected chi connectivity index (χ4v) is 1.43. The van der Waals surface area contributed by atoms with Crippen molar-refractivity contribution < 1.29 is 24.4 Å². The van der Waals surface area contributed by atoms with E-state index in [0.29, 0.717) is 6.42 Å². The Kier molecular flexibility index (Phi) is 5.59. The molecule has 0 bridgehead atoms. The standard InChI is InChI=1S/C14H15NO6/c1-3-9(2)21-14(18)12(13(16)17)8-10-5-4-6-11(7-10)15(19)20/h4-9H,3H2,1-2H3,(H,16,17). The van der Waals surface area contributed by atoms with E-state index in [1.165, 1.54) is 24.3 Å². The number of carboxylic acids is 1. The molecule has 0 saturated carbocycles. The number of non-ortho nitro benzene ring substituents is 1. The van der Waals surface area contributed by atoms with Gasteiger partial charge in [-0.15, -0.1) is 0 Å². The first-order valence-electron chi connectivity index (χ1n) is 6.25. The van der Waals surface area contributed by atoms with E-state index in [-0.39, 0.29) is 11.3 Å². The minimum Gasteiger partial charge on any atom is -0.477 e. The maximum absolute atomic E-state index is 11.8. The number of hydrogen-bond donors (Lipinski definition) is 1. The highest BCUT2D eigenvalue weighted by atomic mass is 16.6. The van der Waals surface area contributed by atoms with Gasteiger partial charge in [-0.25, -0.2) is 9.59 Å². The zero-order valence-corrected chi connectivity index (χ0v) is 11.6. The third kappa shape index (κ3) is 4.72. The average molecular weight is 293 g/mol. The fraction of sp³-hybridized carbons (Fsp3) is 0.286. The number of carboxylic acid groups (broad SMARTS) is 1. The Morgan fingerprint density at radius 2 is 2.14 bits per heavy atom. The van der Waals surface area contributed by atoms with Gasteiger partial charge in [-0.3, -0.25) is 10.1 Å². The van der Waals surface area contributed by atoms with Gasteiger partial charge in [0.05, 0.1) is 11.0 Å². The molecular formula is C14H15NO6. The molecule has 1 rings (SSSR count). The van der Waals surface area contributed by atoms with E-state index in [4.69, 9.17) is 9.84 Å². The molecule has 1 aromatic carbocycles. The van der Waals surface area contributed by atoms with E-state index < -0.39 is 28.5 Å². The van der Waals surface area contributed by atoms with Crippen molar-refractivity contribution in [3.8, 4) is 0 Å². The van der Waals surface area contributed by atoms with Gasteiger partial charge in [0.1, 0.15) is 5.57 Å². The van der Waals surface area contributed by atoms with Crippen LogP contribution in [0.4, 0.5) is 5.69 Å². The summed E-state index contributed by atoms with van der Waals surface area (Å²) in [6.45, 7) is 3.44. The summed E-state index contributed by atoms with van der Waals surface area (Å²) in [6, 6.07) is 5.32. The molecule has 1 unspecified atom stereocenters. The molecule has 0 spiro atoms. The molecule has 0 aromatic heterocycles. The molecule has 0 amide bonds. The van der Waals surface area contributed by atoms with Crippen molar-refractivity contribution in [2.75, 3.05) is 0 Å². The number of nitrogens with zero attached hydrogens (tertiary/aromatic N) is 1. The van der Waals surface area contributed by atoms with Gasteiger partial charge in [0, 0.05) is 12.1 Å². The minimum absolute atomic E-state index is 0.191. The summed E-state index contributed by atoms with van der Waals surface area (Å²) in [7, 11) is 0. The number of hydrogen-bond acceptors (Lipinski definition) is 5. The van der Waals surface area contributed by atoms with Crippen molar-refractivity contribution in [2.45, 2.75) is 26.4 Å². The smallest absolute Gasteiger partial charge is 0.345 e. The van der Waals surface area contributed by atoms with E-state index in [0.717, 1.165) is 6.08 Å². The number of nitro benzene ring substituents is 1. The van der Waals surface area contributed by atoms with Crippen LogP contribution < -0.4 is 0 Å². The fourth-order valence-electron chi connectivity index (χ4n) is 1.43. The van der Waals surface area contributed by atoms with E-state index in [1.54, 1.807) is 13.8 Å². The molecule has 7 heteroatoms. The summed E-state index contributed by atoms with van der Waals surface area (Å²) in [5, 5.41) is 19.7. The molecule has 7 nitrogen and oxygen atoms in total. The second-order valence-corrected chi connectivity index (χ2v) is 4.34. The topological polar surface area (TPSA) is 107 Å². The number of nitro groups is 1. The Morgan fingerprint density at radius 3 is 2.67 bits per heavy atom. The lowest BCUT2D eigenvalue weighted by molar-refractivity contribution is -0.384. The van der Waals surface area contributed by atoms with Crippen LogP contribution in [0, 0.1) is 10.1 Å². The Morgan fingerprint density at radius 1 is 1.48 bits per heavy atom. The second-order valence-electron chi connectivity index (χ2n) is 4.34. The normalized spacial score (nSPS) is 12.6.